The van der Waals surface area contributed by atoms with Crippen molar-refractivity contribution in [2.75, 3.05) is 0 Å². The topological polar surface area (TPSA) is 227 Å². The summed E-state index contributed by atoms with van der Waals surface area (Å²) in [7, 11) is 0. The summed E-state index contributed by atoms with van der Waals surface area (Å²) in [6.07, 6.45) is -2.29. The summed E-state index contributed by atoms with van der Waals surface area (Å²) in [4.78, 5) is 50.9. The summed E-state index contributed by atoms with van der Waals surface area (Å²) in [5.41, 5.74) is -2.47. The molecule has 0 radical (unpaired) electrons. The second-order valence-corrected chi connectivity index (χ2v) is 5.97. The monoisotopic (exact) mass is 452 g/mol. The highest BCUT2D eigenvalue weighted by Crippen LogP contribution is 2.16. The van der Waals surface area contributed by atoms with Crippen molar-refractivity contribution in [1.29, 1.82) is 0 Å². The highest BCUT2D eigenvalue weighted by Gasteiger charge is 2.40. The van der Waals surface area contributed by atoms with Crippen molar-refractivity contribution in [1.82, 2.24) is 0 Å². The van der Waals surface area contributed by atoms with E-state index in [-0.39, 0.29) is 11.3 Å². The first-order valence-corrected chi connectivity index (χ1v) is 8.49. The Kier molecular flexibility index (Phi) is 11.2. The number of hydrogen-bond acceptors (Lipinski definition) is 7. The van der Waals surface area contributed by atoms with E-state index in [1.807, 2.05) is 0 Å². The molecule has 12 heteroatoms. The number of hydrogen-bond donors (Lipinski definition) is 7. The maximum Gasteiger partial charge on any atom is 0.339 e. The minimum absolute atomic E-state index is 0.0671. The molecular formula is C20H20O12. The van der Waals surface area contributed by atoms with Crippen LogP contribution in [0.4, 0.5) is 0 Å². The van der Waals surface area contributed by atoms with E-state index in [1.54, 1.807) is 42.5 Å². The van der Waals surface area contributed by atoms with Crippen LogP contribution in [-0.4, -0.2) is 71.2 Å². The summed E-state index contributed by atoms with van der Waals surface area (Å²) in [6, 6.07) is 14.1. The van der Waals surface area contributed by atoms with Gasteiger partial charge in [-0.3, -0.25) is 9.59 Å². The van der Waals surface area contributed by atoms with Crippen LogP contribution in [0.5, 0.6) is 5.75 Å². The molecule has 0 saturated heterocycles. The molecule has 0 aliphatic heterocycles. The summed E-state index contributed by atoms with van der Waals surface area (Å²) >= 11 is 0. The van der Waals surface area contributed by atoms with Crippen molar-refractivity contribution in [3.63, 3.8) is 0 Å². The SMILES string of the molecule is O=C(O)CC(O)(CC(=O)O)C(=O)O.O=C(O)c1ccccc1.O=C(O)c1ccccc1O. The average molecular weight is 452 g/mol. The van der Waals surface area contributed by atoms with Crippen LogP contribution >= 0.6 is 0 Å². The zero-order valence-electron chi connectivity index (χ0n) is 16.3. The van der Waals surface area contributed by atoms with Gasteiger partial charge >= 0.3 is 29.8 Å². The second-order valence-electron chi connectivity index (χ2n) is 5.97. The summed E-state index contributed by atoms with van der Waals surface area (Å²) in [6.45, 7) is 0. The third-order valence-corrected chi connectivity index (χ3v) is 3.44. The zero-order chi connectivity index (χ0) is 24.9. The lowest BCUT2D eigenvalue weighted by molar-refractivity contribution is -0.170. The number of carbonyl (C=O) groups is 5. The van der Waals surface area contributed by atoms with Gasteiger partial charge in [0.1, 0.15) is 11.3 Å². The molecule has 0 saturated carbocycles. The highest BCUT2D eigenvalue weighted by molar-refractivity contribution is 5.90. The summed E-state index contributed by atoms with van der Waals surface area (Å²) < 4.78 is 0. The quantitative estimate of drug-likeness (QED) is 0.315. The van der Waals surface area contributed by atoms with Crippen molar-refractivity contribution in [2.24, 2.45) is 0 Å². The largest absolute Gasteiger partial charge is 0.507 e. The molecule has 32 heavy (non-hydrogen) atoms. The minimum Gasteiger partial charge on any atom is -0.507 e. The number of benzene rings is 2. The van der Waals surface area contributed by atoms with Crippen LogP contribution < -0.4 is 0 Å². The Morgan fingerprint density at radius 3 is 1.38 bits per heavy atom. The van der Waals surface area contributed by atoms with Gasteiger partial charge in [-0.1, -0.05) is 30.3 Å². The number of aromatic hydroxyl groups is 1. The molecule has 172 valence electrons. The van der Waals surface area contributed by atoms with Crippen LogP contribution in [0.15, 0.2) is 54.6 Å². The Morgan fingerprint density at radius 2 is 1.09 bits per heavy atom. The first kappa shape index (κ1) is 27.5. The van der Waals surface area contributed by atoms with Gasteiger partial charge in [-0.2, -0.15) is 0 Å². The van der Waals surface area contributed by atoms with Crippen LogP contribution in [0.1, 0.15) is 33.6 Å². The molecular weight excluding hydrogens is 432 g/mol. The molecule has 0 atom stereocenters. The maximum absolute atomic E-state index is 10.3. The molecule has 0 unspecified atom stereocenters. The van der Waals surface area contributed by atoms with Crippen LogP contribution in [0.25, 0.3) is 0 Å². The maximum atomic E-state index is 10.3. The Labute approximate surface area is 180 Å². The smallest absolute Gasteiger partial charge is 0.339 e. The summed E-state index contributed by atoms with van der Waals surface area (Å²) in [5, 5.41) is 59.5. The molecule has 0 aromatic heterocycles. The molecule has 0 heterocycles. The third-order valence-electron chi connectivity index (χ3n) is 3.44. The fraction of sp³-hybridized carbons (Fsp3) is 0.150. The number of rotatable bonds is 7. The molecule has 0 aliphatic carbocycles. The number of aromatic carboxylic acids is 2. The predicted octanol–water partition coefficient (Wildman–Crippen LogP) is 1.23. The molecule has 0 bridgehead atoms. The third kappa shape index (κ3) is 10.4. The minimum atomic E-state index is -2.74. The van der Waals surface area contributed by atoms with Gasteiger partial charge in [0.05, 0.1) is 18.4 Å². The second kappa shape index (κ2) is 13.0. The fourth-order valence-electron chi connectivity index (χ4n) is 1.95. The van der Waals surface area contributed by atoms with Gasteiger partial charge in [0.2, 0.25) is 0 Å². The Morgan fingerprint density at radius 1 is 0.656 bits per heavy atom. The number of phenols is 1. The van der Waals surface area contributed by atoms with E-state index >= 15 is 0 Å². The lowest BCUT2D eigenvalue weighted by Gasteiger charge is -2.18. The molecule has 2 rings (SSSR count). The number of carboxylic acid groups (broad SMARTS) is 5. The van der Waals surface area contributed by atoms with Gasteiger partial charge in [0, 0.05) is 0 Å². The standard InChI is InChI=1S/C7H6O3.C7H6O2.C6H8O7/c8-6-4-2-1-3-5(6)7(9)10;8-7(9)6-4-2-1-3-5-6;7-3(8)1-6(13,5(11)12)2-4(9)10/h1-4,8H,(H,9,10);1-5H,(H,8,9);13H,1-2H2,(H,7,8)(H,9,10)(H,11,12). The van der Waals surface area contributed by atoms with Gasteiger partial charge in [0.25, 0.3) is 0 Å². The number of para-hydroxylation sites is 1. The van der Waals surface area contributed by atoms with E-state index in [1.165, 1.54) is 12.1 Å². The van der Waals surface area contributed by atoms with Crippen molar-refractivity contribution in [3.05, 3.63) is 65.7 Å². The van der Waals surface area contributed by atoms with Crippen LogP contribution in [0.2, 0.25) is 0 Å². The Bertz CT molecular complexity index is 936. The molecule has 0 spiro atoms. The first-order valence-electron chi connectivity index (χ1n) is 8.49. The molecule has 0 amide bonds. The van der Waals surface area contributed by atoms with Gasteiger partial charge in [-0.05, 0) is 24.3 Å². The van der Waals surface area contributed by atoms with E-state index in [9.17, 15) is 24.0 Å². The molecule has 12 nitrogen and oxygen atoms in total. The van der Waals surface area contributed by atoms with E-state index in [0.29, 0.717) is 5.56 Å². The van der Waals surface area contributed by atoms with Gasteiger partial charge in [-0.25, -0.2) is 14.4 Å². The number of aliphatic carboxylic acids is 3. The molecule has 2 aromatic rings. The van der Waals surface area contributed by atoms with Crippen molar-refractivity contribution >= 4 is 29.8 Å². The lowest BCUT2D eigenvalue weighted by atomic mass is 9.96. The van der Waals surface area contributed by atoms with E-state index in [4.69, 9.17) is 35.7 Å². The molecule has 0 fully saturated rings. The fourth-order valence-corrected chi connectivity index (χ4v) is 1.95. The number of carboxylic acids is 5. The summed E-state index contributed by atoms with van der Waals surface area (Å²) in [5.74, 6) is -7.21. The van der Waals surface area contributed by atoms with Gasteiger partial charge < -0.3 is 35.7 Å². The predicted molar refractivity (Wildman–Crippen MR) is 106 cm³/mol. The molecule has 2 aromatic carbocycles. The average Bonchev–Trinajstić information content (AvgIpc) is 2.68. The first-order chi connectivity index (χ1) is 14.8. The van der Waals surface area contributed by atoms with Crippen LogP contribution in [0, 0.1) is 0 Å². The Hall–Kier alpha value is -4.45. The zero-order valence-corrected chi connectivity index (χ0v) is 16.3. The van der Waals surface area contributed by atoms with E-state index < -0.39 is 48.3 Å². The molecule has 0 aliphatic rings. The normalized spacial score (nSPS) is 9.78. The molecule has 7 N–H and O–H groups in total. The number of aliphatic hydroxyl groups is 1. The highest BCUT2D eigenvalue weighted by atomic mass is 16.4. The van der Waals surface area contributed by atoms with Crippen molar-refractivity contribution < 1.29 is 59.7 Å². The van der Waals surface area contributed by atoms with Crippen molar-refractivity contribution in [2.45, 2.75) is 18.4 Å². The lowest BCUT2D eigenvalue weighted by Crippen LogP contribution is -2.42. The van der Waals surface area contributed by atoms with E-state index in [0.717, 1.165) is 0 Å². The van der Waals surface area contributed by atoms with Gasteiger partial charge in [0.15, 0.2) is 5.60 Å². The van der Waals surface area contributed by atoms with Crippen LogP contribution in [-0.2, 0) is 14.4 Å². The van der Waals surface area contributed by atoms with Gasteiger partial charge in [-0.15, -0.1) is 0 Å². The van der Waals surface area contributed by atoms with E-state index in [2.05, 4.69) is 0 Å². The van der Waals surface area contributed by atoms with Crippen LogP contribution in [0.3, 0.4) is 0 Å². The van der Waals surface area contributed by atoms with Crippen molar-refractivity contribution in [3.8, 4) is 5.75 Å². The Balaban J connectivity index is 0.000000458.